The van der Waals surface area contributed by atoms with Crippen LogP contribution >= 0.6 is 15.6 Å². The van der Waals surface area contributed by atoms with E-state index in [9.17, 15) is 43.2 Å². The second-order valence-corrected chi connectivity index (χ2v) is 29.8. The number of hydrogen-bond acceptors (Lipinski definition) is 15. The summed E-state index contributed by atoms with van der Waals surface area (Å²) in [5.41, 5.74) is 0. The van der Waals surface area contributed by atoms with Crippen molar-refractivity contribution in [1.29, 1.82) is 0 Å². The maximum Gasteiger partial charge on any atom is 0.472 e. The van der Waals surface area contributed by atoms with Gasteiger partial charge in [0, 0.05) is 25.7 Å². The molecule has 0 bridgehead atoms. The summed E-state index contributed by atoms with van der Waals surface area (Å²) in [6.45, 7) is 9.52. The number of ether oxygens (including phenoxy) is 4. The van der Waals surface area contributed by atoms with E-state index in [-0.39, 0.29) is 25.7 Å². The molecule has 0 rings (SSSR count). The van der Waals surface area contributed by atoms with Gasteiger partial charge in [0.1, 0.15) is 19.3 Å². The van der Waals surface area contributed by atoms with E-state index in [2.05, 4.69) is 41.5 Å². The molecule has 0 heterocycles. The van der Waals surface area contributed by atoms with E-state index in [4.69, 9.17) is 37.0 Å². The Morgan fingerprint density at radius 2 is 0.505 bits per heavy atom. The van der Waals surface area contributed by atoms with E-state index in [1.807, 2.05) is 0 Å². The van der Waals surface area contributed by atoms with Crippen LogP contribution in [0.15, 0.2) is 0 Å². The number of carbonyl (C=O) groups excluding carboxylic acids is 4. The predicted octanol–water partition coefficient (Wildman–Crippen LogP) is 20.8. The number of unbranched alkanes of at least 4 members (excludes halogenated alkanes) is 41. The van der Waals surface area contributed by atoms with Crippen LogP contribution in [0.2, 0.25) is 0 Å². The smallest absolute Gasteiger partial charge is 0.462 e. The quantitative estimate of drug-likeness (QED) is 0.0222. The number of phosphoric ester groups is 2. The molecule has 2 unspecified atom stereocenters. The van der Waals surface area contributed by atoms with Gasteiger partial charge >= 0.3 is 39.5 Å². The lowest BCUT2D eigenvalue weighted by atomic mass is 10.0. The summed E-state index contributed by atoms with van der Waals surface area (Å²) >= 11 is 0. The van der Waals surface area contributed by atoms with Crippen LogP contribution in [0.25, 0.3) is 0 Å². The SMILES string of the molecule is CCCCCCCCCCCCCCCCCCC(=O)OC[C@H](COP(=O)(O)OC[C@@H](O)COP(=O)(O)OC[C@@H](COC(=O)CCCCCCCCC)OC(=O)CCCCCCCCCCCC(C)C)OC(=O)CCCCCCCCCCCCCCCC(C)C. The molecule has 0 radical (unpaired) electrons. The third-order valence-corrected chi connectivity index (χ3v) is 18.6. The molecule has 540 valence electrons. The molecule has 0 fully saturated rings. The number of carbonyl (C=O) groups is 4. The first-order chi connectivity index (χ1) is 43.9. The molecule has 0 saturated heterocycles. The van der Waals surface area contributed by atoms with Crippen molar-refractivity contribution < 1.29 is 80.2 Å². The van der Waals surface area contributed by atoms with Gasteiger partial charge in [-0.05, 0) is 37.5 Å². The van der Waals surface area contributed by atoms with Gasteiger partial charge in [0.25, 0.3) is 0 Å². The summed E-state index contributed by atoms with van der Waals surface area (Å²) in [6, 6.07) is 0. The van der Waals surface area contributed by atoms with Crippen molar-refractivity contribution in [2.75, 3.05) is 39.6 Å². The number of aliphatic hydroxyl groups excluding tert-OH is 1. The van der Waals surface area contributed by atoms with Crippen molar-refractivity contribution in [1.82, 2.24) is 0 Å². The van der Waals surface area contributed by atoms with E-state index in [1.165, 1.54) is 173 Å². The Bertz CT molecular complexity index is 1770. The van der Waals surface area contributed by atoms with Crippen molar-refractivity contribution in [2.24, 2.45) is 11.8 Å². The van der Waals surface area contributed by atoms with Crippen LogP contribution in [0.3, 0.4) is 0 Å². The van der Waals surface area contributed by atoms with Gasteiger partial charge in [-0.15, -0.1) is 0 Å². The Morgan fingerprint density at radius 1 is 0.297 bits per heavy atom. The lowest BCUT2D eigenvalue weighted by Crippen LogP contribution is -2.30. The van der Waals surface area contributed by atoms with Gasteiger partial charge in [-0.2, -0.15) is 0 Å². The summed E-state index contributed by atoms with van der Waals surface area (Å²) in [6.07, 6.45) is 50.1. The minimum Gasteiger partial charge on any atom is -0.462 e. The van der Waals surface area contributed by atoms with Gasteiger partial charge in [0.15, 0.2) is 12.2 Å². The van der Waals surface area contributed by atoms with Gasteiger partial charge in [-0.1, -0.05) is 318 Å². The molecule has 17 nitrogen and oxygen atoms in total. The minimum absolute atomic E-state index is 0.105. The topological polar surface area (TPSA) is 237 Å². The molecule has 0 aromatic carbocycles. The first-order valence-corrected chi connectivity index (χ1v) is 40.5. The van der Waals surface area contributed by atoms with Crippen LogP contribution in [-0.2, 0) is 65.4 Å². The molecule has 0 aromatic heterocycles. The van der Waals surface area contributed by atoms with Crippen LogP contribution in [-0.4, -0.2) is 96.7 Å². The summed E-state index contributed by atoms with van der Waals surface area (Å²) in [5.74, 6) is -0.602. The number of rotatable bonds is 71. The van der Waals surface area contributed by atoms with E-state index in [0.29, 0.717) is 25.7 Å². The third kappa shape index (κ3) is 66.5. The van der Waals surface area contributed by atoms with Crippen molar-refractivity contribution in [3.8, 4) is 0 Å². The Balaban J connectivity index is 5.20. The molecule has 0 saturated carbocycles. The van der Waals surface area contributed by atoms with Crippen molar-refractivity contribution in [3.05, 3.63) is 0 Å². The van der Waals surface area contributed by atoms with Crippen LogP contribution in [0.5, 0.6) is 0 Å². The van der Waals surface area contributed by atoms with Gasteiger partial charge in [-0.25, -0.2) is 9.13 Å². The molecule has 3 N–H and O–H groups in total. The second-order valence-electron chi connectivity index (χ2n) is 26.9. The van der Waals surface area contributed by atoms with Crippen molar-refractivity contribution in [2.45, 2.75) is 387 Å². The average Bonchev–Trinajstić information content (AvgIpc) is 3.60. The van der Waals surface area contributed by atoms with Crippen LogP contribution in [0, 0.1) is 11.8 Å². The normalized spacial score (nSPS) is 14.1. The van der Waals surface area contributed by atoms with Crippen molar-refractivity contribution >= 4 is 39.5 Å². The van der Waals surface area contributed by atoms with Crippen LogP contribution in [0.1, 0.15) is 369 Å². The van der Waals surface area contributed by atoms with Gasteiger partial charge < -0.3 is 33.8 Å². The van der Waals surface area contributed by atoms with Crippen LogP contribution < -0.4 is 0 Å². The summed E-state index contributed by atoms with van der Waals surface area (Å²) in [4.78, 5) is 72.5. The van der Waals surface area contributed by atoms with Gasteiger partial charge in [0.05, 0.1) is 26.4 Å². The predicted molar refractivity (Wildman–Crippen MR) is 368 cm³/mol. The average molecular weight is 1340 g/mol. The molecular weight excluding hydrogens is 1200 g/mol. The lowest BCUT2D eigenvalue weighted by Gasteiger charge is -2.21. The Labute approximate surface area is 556 Å². The van der Waals surface area contributed by atoms with Crippen molar-refractivity contribution in [3.63, 3.8) is 0 Å². The van der Waals surface area contributed by atoms with Gasteiger partial charge in [-0.3, -0.25) is 37.3 Å². The molecule has 0 aliphatic heterocycles. The summed E-state index contributed by atoms with van der Waals surface area (Å²) < 4.78 is 68.3. The summed E-state index contributed by atoms with van der Waals surface area (Å²) in [5, 5.41) is 10.6. The molecule has 19 heteroatoms. The molecule has 0 aliphatic rings. The first kappa shape index (κ1) is 89.1. The van der Waals surface area contributed by atoms with E-state index >= 15 is 0 Å². The largest absolute Gasteiger partial charge is 0.472 e. The highest BCUT2D eigenvalue weighted by atomic mass is 31.2. The fourth-order valence-corrected chi connectivity index (χ4v) is 12.5. The molecule has 0 spiro atoms. The zero-order valence-corrected chi connectivity index (χ0v) is 60.9. The third-order valence-electron chi connectivity index (χ3n) is 16.7. The maximum atomic E-state index is 13.0. The molecule has 0 aliphatic carbocycles. The fraction of sp³-hybridized carbons (Fsp3) is 0.944. The number of aliphatic hydroxyl groups is 1. The van der Waals surface area contributed by atoms with E-state index in [1.54, 1.807) is 0 Å². The highest BCUT2D eigenvalue weighted by Crippen LogP contribution is 2.45. The molecule has 5 atom stereocenters. The van der Waals surface area contributed by atoms with E-state index in [0.717, 1.165) is 115 Å². The second kappa shape index (κ2) is 64.1. The Hall–Kier alpha value is -1.94. The monoisotopic (exact) mass is 1340 g/mol. The van der Waals surface area contributed by atoms with Gasteiger partial charge in [0.2, 0.25) is 0 Å². The Morgan fingerprint density at radius 3 is 0.747 bits per heavy atom. The molecule has 0 aromatic rings. The minimum atomic E-state index is -4.95. The highest BCUT2D eigenvalue weighted by molar-refractivity contribution is 7.47. The lowest BCUT2D eigenvalue weighted by molar-refractivity contribution is -0.161. The zero-order chi connectivity index (χ0) is 67.2. The number of esters is 4. The van der Waals surface area contributed by atoms with E-state index < -0.39 is 97.5 Å². The fourth-order valence-electron chi connectivity index (χ4n) is 10.9. The molecule has 91 heavy (non-hydrogen) atoms. The number of phosphoric acid groups is 2. The Kier molecular flexibility index (Phi) is 62.7. The van der Waals surface area contributed by atoms with Crippen LogP contribution in [0.4, 0.5) is 0 Å². The standard InChI is InChI=1S/C72H140O17P2/c1-7-9-11-13-15-16-17-18-19-20-23-26-31-37-43-49-55-70(75)83-61-68(89-71(76)56-50-44-38-32-27-24-21-22-25-29-35-40-46-52-64(3)4)63-87-91(80,81)85-59-66(73)58-84-90(78,79)86-62-67(60-82-69(74)54-48-42-34-14-12-10-8-2)88-72(77)57-51-45-39-33-28-30-36-41-47-53-65(5)6/h64-68,73H,7-63H2,1-6H3,(H,78,79)(H,80,81)/t66-,67+,68+/m0/s1. The molecular formula is C72H140O17P2. The zero-order valence-electron chi connectivity index (χ0n) is 59.1. The maximum absolute atomic E-state index is 13.0. The first-order valence-electron chi connectivity index (χ1n) is 37.5. The molecule has 0 amide bonds. The summed E-state index contributed by atoms with van der Waals surface area (Å²) in [7, 11) is -9.90. The highest BCUT2D eigenvalue weighted by Gasteiger charge is 2.30. The number of hydrogen-bond donors (Lipinski definition) is 3.